The third-order valence-corrected chi connectivity index (χ3v) is 3.29. The van der Waals surface area contributed by atoms with E-state index in [1.807, 2.05) is 0 Å². The summed E-state index contributed by atoms with van der Waals surface area (Å²) in [6.07, 6.45) is -0.608. The van der Waals surface area contributed by atoms with E-state index in [0.717, 1.165) is 0 Å². The molecule has 0 aliphatic rings. The maximum absolute atomic E-state index is 12.8. The van der Waals surface area contributed by atoms with Crippen molar-refractivity contribution >= 4 is 23.6 Å². The van der Waals surface area contributed by atoms with Gasteiger partial charge >= 0.3 is 6.09 Å². The molecule has 29 heavy (non-hydrogen) atoms. The molecule has 0 saturated carbocycles. The third-order valence-electron chi connectivity index (χ3n) is 3.29. The Balaban J connectivity index is 1.77. The number of hydrogen-bond donors (Lipinski definition) is 3. The van der Waals surface area contributed by atoms with Gasteiger partial charge in [-0.1, -0.05) is 0 Å². The maximum atomic E-state index is 12.8. The summed E-state index contributed by atoms with van der Waals surface area (Å²) in [4.78, 5) is 35.5. The van der Waals surface area contributed by atoms with Crippen molar-refractivity contribution in [3.63, 3.8) is 0 Å². The van der Waals surface area contributed by atoms with Crippen molar-refractivity contribution in [2.45, 2.75) is 26.4 Å². The van der Waals surface area contributed by atoms with Gasteiger partial charge in [0, 0.05) is 11.3 Å². The Labute approximate surface area is 167 Å². The summed E-state index contributed by atoms with van der Waals surface area (Å²) in [5, 5.41) is 2.55. The summed E-state index contributed by atoms with van der Waals surface area (Å²) in [5.41, 5.74) is 4.55. The predicted octanol–water partition coefficient (Wildman–Crippen LogP) is 3.01. The molecule has 0 unspecified atom stereocenters. The molecule has 0 aliphatic carbocycles. The second kappa shape index (κ2) is 9.54. The number of nitrogens with one attached hydrogen (secondary N) is 3. The minimum Gasteiger partial charge on any atom is -0.484 e. The molecule has 2 rings (SSSR count). The fourth-order valence-electron chi connectivity index (χ4n) is 2.04. The molecule has 8 nitrogen and oxygen atoms in total. The van der Waals surface area contributed by atoms with Crippen LogP contribution in [0.1, 0.15) is 31.1 Å². The summed E-state index contributed by atoms with van der Waals surface area (Å²) >= 11 is 0. The van der Waals surface area contributed by atoms with E-state index in [0.29, 0.717) is 11.4 Å². The monoisotopic (exact) mass is 403 g/mol. The average Bonchev–Trinajstić information content (AvgIpc) is 2.64. The first-order valence-electron chi connectivity index (χ1n) is 8.70. The molecular weight excluding hydrogens is 381 g/mol. The number of carbonyl (C=O) groups excluding carboxylic acids is 3. The molecule has 0 bridgehead atoms. The van der Waals surface area contributed by atoms with Crippen LogP contribution in [0, 0.1) is 5.82 Å². The maximum Gasteiger partial charge on any atom is 0.412 e. The number of halogens is 1. The summed E-state index contributed by atoms with van der Waals surface area (Å²) in [5.74, 6) is -1.24. The standard InChI is InChI=1S/C20H22FN3O5/c1-20(2,3)29-19(27)22-15-8-4-13(5-9-15)18(26)24-23-17(25)12-28-16-10-6-14(21)7-11-16/h4-11H,12H2,1-3H3,(H,22,27)(H,23,25)(H,24,26). The van der Waals surface area contributed by atoms with Gasteiger partial charge in [0.25, 0.3) is 11.8 Å². The van der Waals surface area contributed by atoms with Gasteiger partial charge in [-0.25, -0.2) is 9.18 Å². The largest absolute Gasteiger partial charge is 0.484 e. The zero-order valence-corrected chi connectivity index (χ0v) is 16.2. The molecule has 0 spiro atoms. The molecule has 3 N–H and O–H groups in total. The quantitative estimate of drug-likeness (QED) is 0.666. The summed E-state index contributed by atoms with van der Waals surface area (Å²) < 4.78 is 23.1. The van der Waals surface area contributed by atoms with Crippen LogP contribution in [-0.4, -0.2) is 30.1 Å². The van der Waals surface area contributed by atoms with E-state index >= 15 is 0 Å². The smallest absolute Gasteiger partial charge is 0.412 e. The summed E-state index contributed by atoms with van der Waals surface area (Å²) in [6.45, 7) is 4.89. The van der Waals surface area contributed by atoms with Crippen LogP contribution in [0.15, 0.2) is 48.5 Å². The molecule has 0 radical (unpaired) electrons. The molecule has 0 atom stereocenters. The minimum atomic E-state index is -0.622. The van der Waals surface area contributed by atoms with Crippen LogP contribution in [0.2, 0.25) is 0 Å². The Kier molecular flexibility index (Phi) is 7.13. The van der Waals surface area contributed by atoms with Crippen molar-refractivity contribution in [1.29, 1.82) is 0 Å². The first kappa shape index (κ1) is 21.7. The molecular formula is C20H22FN3O5. The van der Waals surface area contributed by atoms with Crippen LogP contribution < -0.4 is 20.9 Å². The van der Waals surface area contributed by atoms with Crippen LogP contribution >= 0.6 is 0 Å². The molecule has 3 amide bonds. The van der Waals surface area contributed by atoms with Crippen molar-refractivity contribution in [3.8, 4) is 5.75 Å². The molecule has 154 valence electrons. The molecule has 0 saturated heterocycles. The van der Waals surface area contributed by atoms with E-state index in [1.165, 1.54) is 48.5 Å². The summed E-state index contributed by atoms with van der Waals surface area (Å²) in [6, 6.07) is 11.2. The van der Waals surface area contributed by atoms with E-state index in [4.69, 9.17) is 9.47 Å². The molecule has 0 fully saturated rings. The van der Waals surface area contributed by atoms with E-state index in [9.17, 15) is 18.8 Å². The Bertz CT molecular complexity index is 861. The van der Waals surface area contributed by atoms with E-state index in [1.54, 1.807) is 20.8 Å². The third kappa shape index (κ3) is 7.87. The highest BCUT2D eigenvalue weighted by atomic mass is 19.1. The number of benzene rings is 2. The van der Waals surface area contributed by atoms with Crippen LogP contribution in [0.5, 0.6) is 5.75 Å². The second-order valence-corrected chi connectivity index (χ2v) is 6.95. The van der Waals surface area contributed by atoms with Gasteiger partial charge in [0.1, 0.15) is 17.2 Å². The number of anilines is 1. The van der Waals surface area contributed by atoms with Gasteiger partial charge in [-0.3, -0.25) is 25.8 Å². The van der Waals surface area contributed by atoms with Crippen LogP contribution in [0.25, 0.3) is 0 Å². The zero-order chi connectivity index (χ0) is 21.4. The highest BCUT2D eigenvalue weighted by Crippen LogP contribution is 2.13. The fourth-order valence-corrected chi connectivity index (χ4v) is 2.04. The molecule has 2 aromatic rings. The zero-order valence-electron chi connectivity index (χ0n) is 16.2. The summed E-state index contributed by atoms with van der Waals surface area (Å²) in [7, 11) is 0. The number of hydrazine groups is 1. The Morgan fingerprint density at radius 1 is 0.931 bits per heavy atom. The highest BCUT2D eigenvalue weighted by Gasteiger charge is 2.16. The van der Waals surface area contributed by atoms with E-state index in [-0.39, 0.29) is 12.2 Å². The number of carbonyl (C=O) groups is 3. The van der Waals surface area contributed by atoms with Crippen LogP contribution in [0.4, 0.5) is 14.9 Å². The lowest BCUT2D eigenvalue weighted by Crippen LogP contribution is -2.43. The highest BCUT2D eigenvalue weighted by molar-refractivity contribution is 5.96. The van der Waals surface area contributed by atoms with Gasteiger partial charge in [-0.15, -0.1) is 0 Å². The van der Waals surface area contributed by atoms with Crippen molar-refractivity contribution < 1.29 is 28.2 Å². The first-order valence-corrected chi connectivity index (χ1v) is 8.70. The Morgan fingerprint density at radius 2 is 1.55 bits per heavy atom. The number of hydrogen-bond acceptors (Lipinski definition) is 5. The molecule has 0 aliphatic heterocycles. The number of amides is 3. The van der Waals surface area contributed by atoms with Crippen molar-refractivity contribution in [2.75, 3.05) is 11.9 Å². The van der Waals surface area contributed by atoms with E-state index < -0.39 is 29.3 Å². The molecule has 9 heteroatoms. The normalized spacial score (nSPS) is 10.6. The first-order chi connectivity index (χ1) is 13.6. The predicted molar refractivity (Wildman–Crippen MR) is 104 cm³/mol. The fraction of sp³-hybridized carbons (Fsp3) is 0.250. The molecule has 0 aromatic heterocycles. The van der Waals surface area contributed by atoms with Gasteiger partial charge in [0.2, 0.25) is 0 Å². The van der Waals surface area contributed by atoms with Crippen molar-refractivity contribution in [1.82, 2.24) is 10.9 Å². The van der Waals surface area contributed by atoms with Gasteiger partial charge < -0.3 is 9.47 Å². The van der Waals surface area contributed by atoms with Crippen LogP contribution in [0.3, 0.4) is 0 Å². The van der Waals surface area contributed by atoms with Crippen molar-refractivity contribution in [2.24, 2.45) is 0 Å². The van der Waals surface area contributed by atoms with Crippen molar-refractivity contribution in [3.05, 3.63) is 59.9 Å². The SMILES string of the molecule is CC(C)(C)OC(=O)Nc1ccc(C(=O)NNC(=O)COc2ccc(F)cc2)cc1. The lowest BCUT2D eigenvalue weighted by atomic mass is 10.2. The van der Waals surface area contributed by atoms with Gasteiger partial charge in [0.15, 0.2) is 6.61 Å². The molecule has 2 aromatic carbocycles. The lowest BCUT2D eigenvalue weighted by Gasteiger charge is -2.19. The van der Waals surface area contributed by atoms with Crippen LogP contribution in [-0.2, 0) is 9.53 Å². The number of rotatable bonds is 5. The lowest BCUT2D eigenvalue weighted by molar-refractivity contribution is -0.123. The van der Waals surface area contributed by atoms with Gasteiger partial charge in [-0.05, 0) is 69.3 Å². The average molecular weight is 403 g/mol. The van der Waals surface area contributed by atoms with Gasteiger partial charge in [0.05, 0.1) is 0 Å². The molecule has 0 heterocycles. The van der Waals surface area contributed by atoms with Gasteiger partial charge in [-0.2, -0.15) is 0 Å². The second-order valence-electron chi connectivity index (χ2n) is 6.95. The Morgan fingerprint density at radius 3 is 2.14 bits per heavy atom. The van der Waals surface area contributed by atoms with E-state index in [2.05, 4.69) is 16.2 Å². The minimum absolute atomic E-state index is 0.263. The number of ether oxygens (including phenoxy) is 2. The Hall–Kier alpha value is -3.62. The topological polar surface area (TPSA) is 106 Å².